The van der Waals surface area contributed by atoms with Crippen LogP contribution in [-0.4, -0.2) is 20.2 Å². The highest BCUT2D eigenvalue weighted by Crippen LogP contribution is 2.19. The molecular weight excluding hydrogens is 373 g/mol. The monoisotopic (exact) mass is 385 g/mol. The minimum absolute atomic E-state index is 0.00132. The Morgan fingerprint density at radius 2 is 1.72 bits per heavy atom. The zero-order valence-electron chi connectivity index (χ0n) is 12.6. The number of sulfonamides is 1. The van der Waals surface area contributed by atoms with Crippen molar-refractivity contribution < 1.29 is 22.4 Å². The van der Waals surface area contributed by atoms with E-state index in [2.05, 4.69) is 10.6 Å². The molecule has 0 aliphatic rings. The van der Waals surface area contributed by atoms with E-state index in [0.29, 0.717) is 5.56 Å². The van der Waals surface area contributed by atoms with Crippen molar-refractivity contribution >= 4 is 39.1 Å². The summed E-state index contributed by atoms with van der Waals surface area (Å²) in [5.41, 5.74) is 0.738. The van der Waals surface area contributed by atoms with Crippen molar-refractivity contribution in [2.75, 3.05) is 5.32 Å². The molecule has 132 valence electrons. The van der Waals surface area contributed by atoms with E-state index in [-0.39, 0.29) is 22.2 Å². The molecule has 0 unspecified atom stereocenters. The van der Waals surface area contributed by atoms with Crippen LogP contribution in [0.25, 0.3) is 0 Å². The minimum Gasteiger partial charge on any atom is -0.344 e. The number of amides is 2. The Bertz CT molecular complexity index is 917. The van der Waals surface area contributed by atoms with Crippen molar-refractivity contribution in [3.63, 3.8) is 0 Å². The fourth-order valence-electron chi connectivity index (χ4n) is 1.82. The maximum atomic E-state index is 13.0. The van der Waals surface area contributed by atoms with Crippen LogP contribution in [0.3, 0.4) is 0 Å². The molecule has 0 saturated heterocycles. The van der Waals surface area contributed by atoms with Gasteiger partial charge in [0.15, 0.2) is 0 Å². The van der Waals surface area contributed by atoms with E-state index >= 15 is 0 Å². The average molecular weight is 386 g/mol. The van der Waals surface area contributed by atoms with Crippen molar-refractivity contribution in [3.05, 3.63) is 58.9 Å². The summed E-state index contributed by atoms with van der Waals surface area (Å²) in [6.07, 6.45) is 0. The predicted octanol–water partition coefficient (Wildman–Crippen LogP) is 1.38. The largest absolute Gasteiger partial charge is 0.344 e. The molecule has 2 rings (SSSR count). The number of hydrogen-bond donors (Lipinski definition) is 3. The van der Waals surface area contributed by atoms with Crippen LogP contribution in [0.2, 0.25) is 5.02 Å². The van der Waals surface area contributed by atoms with E-state index in [4.69, 9.17) is 16.7 Å². The lowest BCUT2D eigenvalue weighted by Gasteiger charge is -2.07. The Morgan fingerprint density at radius 1 is 1.08 bits per heavy atom. The summed E-state index contributed by atoms with van der Waals surface area (Å²) in [5.74, 6) is -2.52. The van der Waals surface area contributed by atoms with Crippen molar-refractivity contribution in [2.24, 2.45) is 5.14 Å². The number of hydrogen-bond acceptors (Lipinski definition) is 4. The Labute approximate surface area is 148 Å². The van der Waals surface area contributed by atoms with Crippen molar-refractivity contribution in [2.45, 2.75) is 11.4 Å². The van der Waals surface area contributed by atoms with Crippen LogP contribution in [0, 0.1) is 5.82 Å². The molecule has 0 radical (unpaired) electrons. The molecule has 0 heterocycles. The van der Waals surface area contributed by atoms with Gasteiger partial charge in [0.1, 0.15) is 5.82 Å². The summed E-state index contributed by atoms with van der Waals surface area (Å²) >= 11 is 5.58. The van der Waals surface area contributed by atoms with Crippen LogP contribution in [0.15, 0.2) is 47.4 Å². The number of carbonyl (C=O) groups is 2. The molecule has 0 bridgehead atoms. The van der Waals surface area contributed by atoms with Crippen LogP contribution >= 0.6 is 11.6 Å². The summed E-state index contributed by atoms with van der Waals surface area (Å²) in [7, 11) is -3.79. The molecule has 0 fully saturated rings. The summed E-state index contributed by atoms with van der Waals surface area (Å²) < 4.78 is 35.3. The van der Waals surface area contributed by atoms with Gasteiger partial charge < -0.3 is 10.6 Å². The quantitative estimate of drug-likeness (QED) is 0.689. The van der Waals surface area contributed by atoms with E-state index in [1.165, 1.54) is 36.4 Å². The molecule has 10 heteroatoms. The molecule has 2 aromatic carbocycles. The lowest BCUT2D eigenvalue weighted by atomic mass is 10.2. The third-order valence-electron chi connectivity index (χ3n) is 3.09. The third-order valence-corrected chi connectivity index (χ3v) is 4.31. The van der Waals surface area contributed by atoms with Gasteiger partial charge in [-0.15, -0.1) is 0 Å². The SMILES string of the molecule is NS(=O)(=O)c1ccc(CNC(=O)C(=O)Nc2ccc(F)c(Cl)c2)cc1. The van der Waals surface area contributed by atoms with E-state index in [1.54, 1.807) is 0 Å². The Hall–Kier alpha value is -2.49. The fourth-order valence-corrected chi connectivity index (χ4v) is 2.52. The predicted molar refractivity (Wildman–Crippen MR) is 89.7 cm³/mol. The highest BCUT2D eigenvalue weighted by atomic mass is 35.5. The Balaban J connectivity index is 1.93. The first-order chi connectivity index (χ1) is 11.7. The van der Waals surface area contributed by atoms with Crippen LogP contribution in [-0.2, 0) is 26.2 Å². The van der Waals surface area contributed by atoms with Crippen LogP contribution in [0.1, 0.15) is 5.56 Å². The second-order valence-electron chi connectivity index (χ2n) is 4.95. The molecule has 0 aliphatic heterocycles. The highest BCUT2D eigenvalue weighted by molar-refractivity contribution is 7.89. The minimum atomic E-state index is -3.79. The second kappa shape index (κ2) is 7.60. The second-order valence-corrected chi connectivity index (χ2v) is 6.92. The van der Waals surface area contributed by atoms with Gasteiger partial charge in [0.25, 0.3) is 0 Å². The van der Waals surface area contributed by atoms with E-state index in [9.17, 15) is 22.4 Å². The first kappa shape index (κ1) is 18.8. The maximum absolute atomic E-state index is 13.0. The van der Waals surface area contributed by atoms with Crippen LogP contribution < -0.4 is 15.8 Å². The zero-order valence-corrected chi connectivity index (χ0v) is 14.2. The summed E-state index contributed by atoms with van der Waals surface area (Å²) in [5, 5.41) is 9.43. The number of nitrogens with two attached hydrogens (primary N) is 1. The van der Waals surface area contributed by atoms with Gasteiger partial charge in [0, 0.05) is 12.2 Å². The molecule has 0 spiro atoms. The first-order valence-electron chi connectivity index (χ1n) is 6.83. The van der Waals surface area contributed by atoms with Crippen LogP contribution in [0.4, 0.5) is 10.1 Å². The number of carbonyl (C=O) groups excluding carboxylic acids is 2. The summed E-state index contributed by atoms with van der Waals surface area (Å²) in [6.45, 7) is 0.00132. The van der Waals surface area contributed by atoms with Gasteiger partial charge in [-0.25, -0.2) is 17.9 Å². The summed E-state index contributed by atoms with van der Waals surface area (Å²) in [4.78, 5) is 23.5. The number of benzene rings is 2. The third kappa shape index (κ3) is 5.24. The summed E-state index contributed by atoms with van der Waals surface area (Å²) in [6, 6.07) is 8.99. The van der Waals surface area contributed by atoms with E-state index < -0.39 is 27.7 Å². The normalized spacial score (nSPS) is 11.0. The molecule has 2 amide bonds. The van der Waals surface area contributed by atoms with Gasteiger partial charge in [-0.1, -0.05) is 23.7 Å². The Kier molecular flexibility index (Phi) is 5.73. The van der Waals surface area contributed by atoms with Gasteiger partial charge in [0.05, 0.1) is 9.92 Å². The first-order valence-corrected chi connectivity index (χ1v) is 8.75. The number of halogens is 2. The zero-order chi connectivity index (χ0) is 18.6. The van der Waals surface area contributed by atoms with Gasteiger partial charge in [-0.05, 0) is 35.9 Å². The van der Waals surface area contributed by atoms with Gasteiger partial charge in [-0.2, -0.15) is 0 Å². The van der Waals surface area contributed by atoms with Gasteiger partial charge in [0.2, 0.25) is 10.0 Å². The number of anilines is 1. The molecule has 4 N–H and O–H groups in total. The highest BCUT2D eigenvalue weighted by Gasteiger charge is 2.14. The molecule has 0 saturated carbocycles. The Morgan fingerprint density at radius 3 is 2.28 bits per heavy atom. The van der Waals surface area contributed by atoms with Gasteiger partial charge in [-0.3, -0.25) is 9.59 Å². The molecular formula is C15H13ClFN3O4S. The molecule has 7 nitrogen and oxygen atoms in total. The number of nitrogens with one attached hydrogen (secondary N) is 2. The smallest absolute Gasteiger partial charge is 0.313 e. The lowest BCUT2D eigenvalue weighted by Crippen LogP contribution is -2.34. The van der Waals surface area contributed by atoms with E-state index in [1.807, 2.05) is 0 Å². The van der Waals surface area contributed by atoms with E-state index in [0.717, 1.165) is 6.07 Å². The van der Waals surface area contributed by atoms with Crippen molar-refractivity contribution in [1.82, 2.24) is 5.32 Å². The lowest BCUT2D eigenvalue weighted by molar-refractivity contribution is -0.136. The number of primary sulfonamides is 1. The average Bonchev–Trinajstić information content (AvgIpc) is 2.55. The molecule has 25 heavy (non-hydrogen) atoms. The molecule has 2 aromatic rings. The fraction of sp³-hybridized carbons (Fsp3) is 0.0667. The topological polar surface area (TPSA) is 118 Å². The molecule has 0 aromatic heterocycles. The maximum Gasteiger partial charge on any atom is 0.313 e. The molecule has 0 atom stereocenters. The van der Waals surface area contributed by atoms with Crippen LogP contribution in [0.5, 0.6) is 0 Å². The standard InChI is InChI=1S/C15H13ClFN3O4S/c16-12-7-10(3-6-13(12)17)20-15(22)14(21)19-8-9-1-4-11(5-2-9)25(18,23)24/h1-7H,8H2,(H,19,21)(H,20,22)(H2,18,23,24). The van der Waals surface area contributed by atoms with Crippen molar-refractivity contribution in [3.8, 4) is 0 Å². The van der Waals surface area contributed by atoms with Crippen molar-refractivity contribution in [1.29, 1.82) is 0 Å². The van der Waals surface area contributed by atoms with Gasteiger partial charge >= 0.3 is 11.8 Å². The molecule has 0 aliphatic carbocycles. The number of rotatable bonds is 4.